The number of alkyl halides is 3. The molecule has 1 aromatic heterocycles. The molecule has 6 rings (SSSR count). The van der Waals surface area contributed by atoms with Gasteiger partial charge in [0.15, 0.2) is 0 Å². The van der Waals surface area contributed by atoms with Crippen molar-refractivity contribution in [3.8, 4) is 17.6 Å². The third kappa shape index (κ3) is 6.50. The molecule has 3 aliphatic rings. The fraction of sp³-hybridized carbons (Fsp3) is 0.500. The van der Waals surface area contributed by atoms with Gasteiger partial charge in [0.25, 0.3) is 0 Å². The topological polar surface area (TPSA) is 102 Å². The van der Waals surface area contributed by atoms with Gasteiger partial charge in [-0.15, -0.1) is 0 Å². The van der Waals surface area contributed by atoms with Gasteiger partial charge in [0.2, 0.25) is 10.0 Å². The Bertz CT molecular complexity index is 1690. The maximum absolute atomic E-state index is 13.7. The molecular weight excluding hydrogens is 591 g/mol. The van der Waals surface area contributed by atoms with E-state index in [0.29, 0.717) is 28.0 Å². The third-order valence-corrected chi connectivity index (χ3v) is 10.3. The summed E-state index contributed by atoms with van der Waals surface area (Å²) >= 11 is 0. The summed E-state index contributed by atoms with van der Waals surface area (Å²) in [6.07, 6.45) is 4.06. The minimum atomic E-state index is -4.42. The van der Waals surface area contributed by atoms with Crippen molar-refractivity contribution >= 4 is 32.3 Å². The largest absolute Gasteiger partial charge is 0.495 e. The molecule has 2 heterocycles. The number of nitrogens with two attached hydrogens (primary N) is 1. The van der Waals surface area contributed by atoms with Gasteiger partial charge in [-0.3, -0.25) is 4.90 Å². The standard InChI is InChI=1S/C32H38F3N5O3S/c1-43-30-18-25(44(36,41)42)12-13-28(30)37-16-3-5-24-17-26-27(6-2-7-29(26)40(24)21-32(33,34)35)38-22-8-10-23(11-9-22)39-19-31(20-39)14-4-15-31/h2,6-7,12-13,17-18,22-23,37-38H,4,8-11,14-16,19-21H2,1H3,(H2,36,41,42). The van der Waals surface area contributed by atoms with Crippen LogP contribution in [-0.4, -0.2) is 62.9 Å². The predicted octanol–water partition coefficient (Wildman–Crippen LogP) is 5.53. The predicted molar refractivity (Wildman–Crippen MR) is 165 cm³/mol. The number of rotatable bonds is 8. The summed E-state index contributed by atoms with van der Waals surface area (Å²) in [5.41, 5.74) is 2.66. The van der Waals surface area contributed by atoms with Crippen LogP contribution in [0.4, 0.5) is 24.5 Å². The first kappa shape index (κ1) is 30.6. The highest BCUT2D eigenvalue weighted by Crippen LogP contribution is 2.50. The van der Waals surface area contributed by atoms with E-state index in [9.17, 15) is 21.6 Å². The normalized spacial score (nSPS) is 21.7. The fourth-order valence-electron chi connectivity index (χ4n) is 7.00. The van der Waals surface area contributed by atoms with E-state index in [0.717, 1.165) is 31.4 Å². The van der Waals surface area contributed by atoms with Crippen molar-refractivity contribution in [1.29, 1.82) is 0 Å². The zero-order valence-electron chi connectivity index (χ0n) is 24.7. The summed E-state index contributed by atoms with van der Waals surface area (Å²) in [4.78, 5) is 2.56. The number of nitrogens with zero attached hydrogens (tertiary/aromatic N) is 2. The van der Waals surface area contributed by atoms with Crippen molar-refractivity contribution in [3.05, 3.63) is 48.2 Å². The molecular formula is C32H38F3N5O3S. The molecule has 0 unspecified atom stereocenters. The third-order valence-electron chi connectivity index (χ3n) is 9.43. The second kappa shape index (κ2) is 11.8. The zero-order valence-corrected chi connectivity index (χ0v) is 25.5. The van der Waals surface area contributed by atoms with Gasteiger partial charge >= 0.3 is 6.18 Å². The number of hydrogen-bond donors (Lipinski definition) is 3. The number of nitrogens with one attached hydrogen (secondary N) is 2. The van der Waals surface area contributed by atoms with Crippen LogP contribution in [0.1, 0.15) is 50.6 Å². The van der Waals surface area contributed by atoms with Crippen molar-refractivity contribution < 1.29 is 26.3 Å². The van der Waals surface area contributed by atoms with E-state index in [2.05, 4.69) is 27.4 Å². The van der Waals surface area contributed by atoms with Gasteiger partial charge in [-0.05, 0) is 80.2 Å². The molecule has 0 atom stereocenters. The summed E-state index contributed by atoms with van der Waals surface area (Å²) in [6, 6.07) is 12.2. The lowest BCUT2D eigenvalue weighted by atomic mass is 9.63. The highest BCUT2D eigenvalue weighted by atomic mass is 32.2. The molecule has 0 radical (unpaired) electrons. The van der Waals surface area contributed by atoms with Crippen LogP contribution in [0.25, 0.3) is 10.9 Å². The van der Waals surface area contributed by atoms with Gasteiger partial charge in [-0.1, -0.05) is 18.4 Å². The average Bonchev–Trinajstić information content (AvgIpc) is 3.26. The average molecular weight is 630 g/mol. The molecule has 2 saturated carbocycles. The molecule has 4 N–H and O–H groups in total. The SMILES string of the molecule is COc1cc(S(N)(=O)=O)ccc1NCC#Cc1cc2c(NC3CCC(N4CC5(CCC5)C4)CC3)cccc2n1CC(F)(F)F. The zero-order chi connectivity index (χ0) is 31.1. The van der Waals surface area contributed by atoms with Crippen LogP contribution in [0.2, 0.25) is 0 Å². The Balaban J connectivity index is 1.16. The number of hydrogen-bond acceptors (Lipinski definition) is 6. The summed E-state index contributed by atoms with van der Waals surface area (Å²) in [5.74, 6) is 6.06. The number of likely N-dealkylation sites (tertiary alicyclic amines) is 1. The number of aromatic nitrogens is 1. The van der Waals surface area contributed by atoms with Crippen molar-refractivity contribution in [1.82, 2.24) is 9.47 Å². The van der Waals surface area contributed by atoms with Crippen LogP contribution in [-0.2, 0) is 16.6 Å². The summed E-state index contributed by atoms with van der Waals surface area (Å²) in [6.45, 7) is 1.44. The van der Waals surface area contributed by atoms with Crippen LogP contribution >= 0.6 is 0 Å². The smallest absolute Gasteiger partial charge is 0.406 e. The number of benzene rings is 2. The van der Waals surface area contributed by atoms with Crippen molar-refractivity contribution in [3.63, 3.8) is 0 Å². The molecule has 2 aliphatic carbocycles. The Morgan fingerprint density at radius 3 is 2.45 bits per heavy atom. The van der Waals surface area contributed by atoms with E-state index in [4.69, 9.17) is 9.88 Å². The van der Waals surface area contributed by atoms with Gasteiger partial charge in [0.1, 0.15) is 12.3 Å². The first-order chi connectivity index (χ1) is 20.9. The molecule has 236 valence electrons. The number of methoxy groups -OCH3 is 1. The Kier molecular flexibility index (Phi) is 8.24. The van der Waals surface area contributed by atoms with Crippen molar-refractivity contribution in [2.24, 2.45) is 10.6 Å². The number of sulfonamides is 1. The van der Waals surface area contributed by atoms with Crippen LogP contribution in [0.5, 0.6) is 5.75 Å². The number of halogens is 3. The number of primary sulfonamides is 1. The van der Waals surface area contributed by atoms with E-state index in [-0.39, 0.29) is 28.9 Å². The molecule has 2 aromatic carbocycles. The lowest BCUT2D eigenvalue weighted by Crippen LogP contribution is -2.63. The molecule has 1 spiro atoms. The summed E-state index contributed by atoms with van der Waals surface area (Å²) < 4.78 is 70.7. The lowest BCUT2D eigenvalue weighted by molar-refractivity contribution is -0.140. The monoisotopic (exact) mass is 629 g/mol. The minimum absolute atomic E-state index is 0.0884. The molecule has 8 nitrogen and oxygen atoms in total. The molecule has 0 bridgehead atoms. The van der Waals surface area contributed by atoms with E-state index in [1.807, 2.05) is 6.07 Å². The number of fused-ring (bicyclic) bond motifs is 1. The summed E-state index contributed by atoms with van der Waals surface area (Å²) in [5, 5.41) is 12.6. The highest BCUT2D eigenvalue weighted by molar-refractivity contribution is 7.89. The van der Waals surface area contributed by atoms with Gasteiger partial charge in [-0.2, -0.15) is 13.2 Å². The van der Waals surface area contributed by atoms with Gasteiger partial charge in [0, 0.05) is 42.3 Å². The van der Waals surface area contributed by atoms with Crippen LogP contribution in [0, 0.1) is 17.3 Å². The van der Waals surface area contributed by atoms with E-state index >= 15 is 0 Å². The first-order valence-electron chi connectivity index (χ1n) is 15.1. The molecule has 0 amide bonds. The molecule has 1 aliphatic heterocycles. The molecule has 12 heteroatoms. The summed E-state index contributed by atoms with van der Waals surface area (Å²) in [7, 11) is -2.51. The van der Waals surface area contributed by atoms with Gasteiger partial charge in [-0.25, -0.2) is 13.6 Å². The maximum atomic E-state index is 13.7. The first-order valence-corrected chi connectivity index (χ1v) is 16.6. The molecule has 3 aromatic rings. The van der Waals surface area contributed by atoms with Gasteiger partial charge < -0.3 is 19.9 Å². The van der Waals surface area contributed by atoms with E-state index in [1.165, 1.54) is 62.2 Å². The molecule has 44 heavy (non-hydrogen) atoms. The Labute approximate surface area is 256 Å². The van der Waals surface area contributed by atoms with E-state index < -0.39 is 22.7 Å². The molecule has 3 fully saturated rings. The number of anilines is 2. The Morgan fingerprint density at radius 2 is 1.82 bits per heavy atom. The van der Waals surface area contributed by atoms with Crippen molar-refractivity contribution in [2.75, 3.05) is 37.4 Å². The van der Waals surface area contributed by atoms with E-state index in [1.54, 1.807) is 18.2 Å². The van der Waals surface area contributed by atoms with Crippen LogP contribution in [0.3, 0.4) is 0 Å². The van der Waals surface area contributed by atoms with Crippen LogP contribution in [0.15, 0.2) is 47.4 Å². The molecule has 1 saturated heterocycles. The van der Waals surface area contributed by atoms with Gasteiger partial charge in [0.05, 0.1) is 35.4 Å². The highest BCUT2D eigenvalue weighted by Gasteiger charge is 2.49. The number of ether oxygens (including phenoxy) is 1. The van der Waals surface area contributed by atoms with Crippen molar-refractivity contribution in [2.45, 2.75) is 74.6 Å². The minimum Gasteiger partial charge on any atom is -0.495 e. The lowest BCUT2D eigenvalue weighted by Gasteiger charge is -2.59. The quantitative estimate of drug-likeness (QED) is 0.283. The Hall–Kier alpha value is -3.40. The van der Waals surface area contributed by atoms with Crippen LogP contribution < -0.4 is 20.5 Å². The second-order valence-corrected chi connectivity index (χ2v) is 14.0. The Morgan fingerprint density at radius 1 is 1.07 bits per heavy atom. The second-order valence-electron chi connectivity index (χ2n) is 12.4. The fourth-order valence-corrected chi connectivity index (χ4v) is 7.53. The maximum Gasteiger partial charge on any atom is 0.406 e.